The van der Waals surface area contributed by atoms with Gasteiger partial charge < -0.3 is 9.64 Å². The minimum absolute atomic E-state index is 0.137. The summed E-state index contributed by atoms with van der Waals surface area (Å²) in [5.74, 6) is 0.970. The summed E-state index contributed by atoms with van der Waals surface area (Å²) in [6.45, 7) is 3.58. The summed E-state index contributed by atoms with van der Waals surface area (Å²) in [4.78, 5) is 24.7. The van der Waals surface area contributed by atoms with Crippen molar-refractivity contribution >= 4 is 16.7 Å². The normalized spacial score (nSPS) is 16.6. The van der Waals surface area contributed by atoms with Crippen LogP contribution in [0.25, 0.3) is 22.2 Å². The van der Waals surface area contributed by atoms with Crippen LogP contribution >= 0.6 is 0 Å². The average Bonchev–Trinajstić information content (AvgIpc) is 3.24. The number of aryl methyl sites for hydroxylation is 2. The first-order valence-corrected chi connectivity index (χ1v) is 10.4. The fraction of sp³-hybridized carbons (Fsp3) is 0.304. The van der Waals surface area contributed by atoms with Crippen molar-refractivity contribution in [2.75, 3.05) is 24.6 Å². The van der Waals surface area contributed by atoms with Gasteiger partial charge >= 0.3 is 0 Å². The summed E-state index contributed by atoms with van der Waals surface area (Å²) in [6.07, 6.45) is 3.61. The molecule has 4 heterocycles. The van der Waals surface area contributed by atoms with Gasteiger partial charge in [0.1, 0.15) is 23.6 Å². The molecule has 0 saturated carbocycles. The third-order valence-corrected chi connectivity index (χ3v) is 5.88. The van der Waals surface area contributed by atoms with Crippen LogP contribution in [0.3, 0.4) is 0 Å². The fourth-order valence-electron chi connectivity index (χ4n) is 4.03. The third kappa shape index (κ3) is 3.54. The van der Waals surface area contributed by atoms with Crippen LogP contribution in [-0.2, 0) is 18.8 Å². The van der Waals surface area contributed by atoms with Gasteiger partial charge in [0, 0.05) is 50.6 Å². The Morgan fingerprint density at radius 2 is 1.94 bits per heavy atom. The second kappa shape index (κ2) is 7.83. The first-order valence-electron chi connectivity index (χ1n) is 10.4. The van der Waals surface area contributed by atoms with Crippen molar-refractivity contribution in [3.63, 3.8) is 0 Å². The smallest absolute Gasteiger partial charge is 0.263 e. The fourth-order valence-corrected chi connectivity index (χ4v) is 4.03. The summed E-state index contributed by atoms with van der Waals surface area (Å²) in [5.41, 5.74) is 2.55. The van der Waals surface area contributed by atoms with Gasteiger partial charge in [0.25, 0.3) is 5.56 Å². The SMILES string of the molecule is Cc1nc2cc(N3CCO[C@@H](c4cnn(C)c4)C3)nc(-c3ccc(F)cc3)c2c(=O)n1C. The van der Waals surface area contributed by atoms with Gasteiger partial charge in [-0.2, -0.15) is 5.10 Å². The van der Waals surface area contributed by atoms with Gasteiger partial charge in [-0.15, -0.1) is 0 Å². The Balaban J connectivity index is 1.64. The molecule has 0 aliphatic carbocycles. The Kier molecular flexibility index (Phi) is 4.97. The molecular formula is C23H23FN6O2. The zero-order valence-electron chi connectivity index (χ0n) is 18.1. The minimum atomic E-state index is -0.344. The van der Waals surface area contributed by atoms with Gasteiger partial charge in [-0.05, 0) is 31.2 Å². The monoisotopic (exact) mass is 434 g/mol. The molecule has 32 heavy (non-hydrogen) atoms. The number of pyridine rings is 1. The van der Waals surface area contributed by atoms with E-state index < -0.39 is 0 Å². The molecule has 1 atom stereocenters. The van der Waals surface area contributed by atoms with Crippen molar-refractivity contribution in [3.8, 4) is 11.3 Å². The molecule has 1 aromatic carbocycles. The lowest BCUT2D eigenvalue weighted by molar-refractivity contribution is 0.0395. The molecule has 9 heteroatoms. The van der Waals surface area contributed by atoms with E-state index in [9.17, 15) is 9.18 Å². The van der Waals surface area contributed by atoms with E-state index in [4.69, 9.17) is 9.72 Å². The van der Waals surface area contributed by atoms with Crippen LogP contribution in [-0.4, -0.2) is 44.0 Å². The number of anilines is 1. The molecular weight excluding hydrogens is 411 g/mol. The van der Waals surface area contributed by atoms with Crippen LogP contribution in [0.1, 0.15) is 17.5 Å². The summed E-state index contributed by atoms with van der Waals surface area (Å²) >= 11 is 0. The molecule has 3 aromatic heterocycles. The van der Waals surface area contributed by atoms with Gasteiger partial charge in [-0.25, -0.2) is 14.4 Å². The largest absolute Gasteiger partial charge is 0.370 e. The van der Waals surface area contributed by atoms with Gasteiger partial charge in [-0.3, -0.25) is 14.0 Å². The zero-order chi connectivity index (χ0) is 22.4. The number of nitrogens with zero attached hydrogens (tertiary/aromatic N) is 6. The number of hydrogen-bond acceptors (Lipinski definition) is 6. The third-order valence-electron chi connectivity index (χ3n) is 5.88. The molecule has 1 aliphatic heterocycles. The molecule has 5 rings (SSSR count). The molecule has 0 amide bonds. The maximum absolute atomic E-state index is 13.6. The van der Waals surface area contributed by atoms with Crippen molar-refractivity contribution in [2.45, 2.75) is 13.0 Å². The van der Waals surface area contributed by atoms with E-state index in [1.165, 1.54) is 16.7 Å². The Morgan fingerprint density at radius 1 is 1.16 bits per heavy atom. The van der Waals surface area contributed by atoms with Crippen LogP contribution in [0.5, 0.6) is 0 Å². The van der Waals surface area contributed by atoms with E-state index in [1.54, 1.807) is 37.0 Å². The lowest BCUT2D eigenvalue weighted by Gasteiger charge is -2.33. The highest BCUT2D eigenvalue weighted by Crippen LogP contribution is 2.31. The zero-order valence-corrected chi connectivity index (χ0v) is 18.1. The van der Waals surface area contributed by atoms with Crippen LogP contribution < -0.4 is 10.5 Å². The van der Waals surface area contributed by atoms with Crippen molar-refractivity contribution in [3.05, 3.63) is 70.3 Å². The second-order valence-electron chi connectivity index (χ2n) is 8.01. The lowest BCUT2D eigenvalue weighted by atomic mass is 10.1. The predicted molar refractivity (Wildman–Crippen MR) is 119 cm³/mol. The molecule has 0 spiro atoms. The number of ether oxygens (including phenoxy) is 1. The van der Waals surface area contributed by atoms with Crippen molar-refractivity contribution in [1.82, 2.24) is 24.3 Å². The lowest BCUT2D eigenvalue weighted by Crippen LogP contribution is -2.39. The number of hydrogen-bond donors (Lipinski definition) is 0. The van der Waals surface area contributed by atoms with Gasteiger partial charge in [-0.1, -0.05) is 0 Å². The Bertz CT molecular complexity index is 1360. The highest BCUT2D eigenvalue weighted by Gasteiger charge is 2.26. The number of rotatable bonds is 3. The first kappa shape index (κ1) is 20.3. The number of morpholine rings is 1. The minimum Gasteiger partial charge on any atom is -0.370 e. The quantitative estimate of drug-likeness (QED) is 0.494. The van der Waals surface area contributed by atoms with Crippen molar-refractivity contribution in [1.29, 1.82) is 0 Å². The molecule has 1 aliphatic rings. The highest BCUT2D eigenvalue weighted by atomic mass is 19.1. The van der Waals surface area contributed by atoms with Crippen LogP contribution in [0.4, 0.5) is 10.2 Å². The van der Waals surface area contributed by atoms with Crippen molar-refractivity contribution in [2.24, 2.45) is 14.1 Å². The first-order chi connectivity index (χ1) is 15.4. The standard InChI is InChI=1S/C23H23FN6O2/c1-14-26-18-10-20(30-8-9-32-19(13-30)16-11-25-28(2)12-16)27-22(21(18)23(31)29(14)3)15-4-6-17(24)7-5-15/h4-7,10-12,19H,8-9,13H2,1-3H3/t19-/m1/s1. The maximum Gasteiger partial charge on any atom is 0.263 e. The molecule has 8 nitrogen and oxygen atoms in total. The summed E-state index contributed by atoms with van der Waals surface area (Å²) in [7, 11) is 3.56. The van der Waals surface area contributed by atoms with Crippen LogP contribution in [0, 0.1) is 12.7 Å². The Hall–Kier alpha value is -3.59. The summed E-state index contributed by atoms with van der Waals surface area (Å²) in [5, 5.41) is 4.67. The Labute approximate surface area is 183 Å². The topological polar surface area (TPSA) is 78.1 Å². The van der Waals surface area contributed by atoms with Crippen LogP contribution in [0.2, 0.25) is 0 Å². The molecule has 0 unspecified atom stereocenters. The molecule has 4 aromatic rings. The van der Waals surface area contributed by atoms with E-state index in [0.717, 1.165) is 5.56 Å². The van der Waals surface area contributed by atoms with E-state index in [0.29, 0.717) is 53.5 Å². The van der Waals surface area contributed by atoms with Gasteiger partial charge in [0.05, 0.1) is 29.4 Å². The van der Waals surface area contributed by atoms with E-state index in [2.05, 4.69) is 15.0 Å². The molecule has 164 valence electrons. The maximum atomic E-state index is 13.6. The van der Waals surface area contributed by atoms with Gasteiger partial charge in [0.15, 0.2) is 0 Å². The Morgan fingerprint density at radius 3 is 2.66 bits per heavy atom. The molecule has 0 N–H and O–H groups in total. The molecule has 1 fully saturated rings. The summed E-state index contributed by atoms with van der Waals surface area (Å²) in [6, 6.07) is 7.86. The average molecular weight is 434 g/mol. The number of aromatic nitrogens is 5. The van der Waals surface area contributed by atoms with E-state index >= 15 is 0 Å². The number of halogens is 1. The number of fused-ring (bicyclic) bond motifs is 1. The summed E-state index contributed by atoms with van der Waals surface area (Å²) < 4.78 is 22.8. The van der Waals surface area contributed by atoms with E-state index in [-0.39, 0.29) is 17.5 Å². The van der Waals surface area contributed by atoms with Crippen LogP contribution in [0.15, 0.2) is 47.5 Å². The van der Waals surface area contributed by atoms with E-state index in [1.807, 2.05) is 19.3 Å². The predicted octanol–water partition coefficient (Wildman–Crippen LogP) is 2.75. The van der Waals surface area contributed by atoms with Gasteiger partial charge in [0.2, 0.25) is 0 Å². The number of benzene rings is 1. The second-order valence-corrected chi connectivity index (χ2v) is 8.01. The van der Waals surface area contributed by atoms with Crippen molar-refractivity contribution < 1.29 is 9.13 Å². The molecule has 0 radical (unpaired) electrons. The highest BCUT2D eigenvalue weighted by molar-refractivity contribution is 5.93. The molecule has 0 bridgehead atoms. The molecule has 1 saturated heterocycles.